The molecule has 2 heterocycles. The van der Waals surface area contributed by atoms with Crippen LogP contribution in [0.2, 0.25) is 0 Å². The Bertz CT molecular complexity index is 671. The van der Waals surface area contributed by atoms with Crippen LogP contribution in [0.3, 0.4) is 0 Å². The summed E-state index contributed by atoms with van der Waals surface area (Å²) in [6, 6.07) is 8.28. The summed E-state index contributed by atoms with van der Waals surface area (Å²) in [5.41, 5.74) is 1.35. The van der Waals surface area contributed by atoms with Gasteiger partial charge in [-0.25, -0.2) is 0 Å². The lowest BCUT2D eigenvalue weighted by molar-refractivity contribution is 0.589. The Morgan fingerprint density at radius 1 is 1.19 bits per heavy atom. The number of aromatic nitrogens is 1. The van der Waals surface area contributed by atoms with Crippen LogP contribution in [0.5, 0.6) is 0 Å². The number of hydrogen-bond donors (Lipinski definition) is 1. The van der Waals surface area contributed by atoms with Crippen LogP contribution in [-0.4, -0.2) is 30.7 Å². The first kappa shape index (κ1) is 14.1. The predicted octanol–water partition coefficient (Wildman–Crippen LogP) is 2.21. The third kappa shape index (κ3) is 2.95. The Balaban J connectivity index is 1.93. The second kappa shape index (κ2) is 6.31. The molecule has 1 N–H and O–H groups in total. The SMILES string of the molecule is CCCCn1ccc2cc(N3CCNCC3)ccc2c1=O. The van der Waals surface area contributed by atoms with Crippen molar-refractivity contribution in [2.24, 2.45) is 0 Å². The Morgan fingerprint density at radius 2 is 2.00 bits per heavy atom. The number of fused-ring (bicyclic) bond motifs is 1. The number of nitrogens with zero attached hydrogens (tertiary/aromatic N) is 2. The Hall–Kier alpha value is -1.81. The van der Waals surface area contributed by atoms with Gasteiger partial charge in [0.1, 0.15) is 0 Å². The summed E-state index contributed by atoms with van der Waals surface area (Å²) >= 11 is 0. The highest BCUT2D eigenvalue weighted by Crippen LogP contribution is 2.20. The molecular formula is C17H23N3O. The van der Waals surface area contributed by atoms with Crippen molar-refractivity contribution in [3.8, 4) is 0 Å². The van der Waals surface area contributed by atoms with Gasteiger partial charge < -0.3 is 14.8 Å². The normalized spacial score (nSPS) is 15.6. The molecule has 1 aromatic carbocycles. The van der Waals surface area contributed by atoms with Crippen molar-refractivity contribution in [2.45, 2.75) is 26.3 Å². The number of anilines is 1. The number of nitrogens with one attached hydrogen (secondary N) is 1. The summed E-state index contributed by atoms with van der Waals surface area (Å²) in [6.45, 7) is 7.06. The number of piperazine rings is 1. The standard InChI is InChI=1S/C17H23N3O/c1-2-3-9-20-10-6-14-13-15(4-5-16(14)17(20)21)19-11-7-18-8-12-19/h4-6,10,13,18H,2-3,7-9,11-12H2,1H3. The summed E-state index contributed by atoms with van der Waals surface area (Å²) in [4.78, 5) is 14.8. The highest BCUT2D eigenvalue weighted by molar-refractivity contribution is 5.85. The molecule has 0 aliphatic carbocycles. The van der Waals surface area contributed by atoms with Crippen LogP contribution in [0.1, 0.15) is 19.8 Å². The predicted molar refractivity (Wildman–Crippen MR) is 88.2 cm³/mol. The second-order valence-corrected chi connectivity index (χ2v) is 5.68. The number of hydrogen-bond acceptors (Lipinski definition) is 3. The van der Waals surface area contributed by atoms with Crippen molar-refractivity contribution in [2.75, 3.05) is 31.1 Å². The minimum absolute atomic E-state index is 0.132. The highest BCUT2D eigenvalue weighted by Gasteiger charge is 2.11. The molecule has 0 saturated carbocycles. The van der Waals surface area contributed by atoms with E-state index in [2.05, 4.69) is 35.3 Å². The highest BCUT2D eigenvalue weighted by atomic mass is 16.1. The van der Waals surface area contributed by atoms with Gasteiger partial charge in [-0.05, 0) is 36.1 Å². The topological polar surface area (TPSA) is 37.3 Å². The zero-order valence-electron chi connectivity index (χ0n) is 12.6. The van der Waals surface area contributed by atoms with Crippen LogP contribution in [0, 0.1) is 0 Å². The number of unbranched alkanes of at least 4 members (excludes halogenated alkanes) is 1. The molecular weight excluding hydrogens is 262 g/mol. The molecule has 1 fully saturated rings. The molecule has 1 aliphatic rings. The van der Waals surface area contributed by atoms with Crippen molar-refractivity contribution in [1.29, 1.82) is 0 Å². The van der Waals surface area contributed by atoms with Crippen LogP contribution in [0.25, 0.3) is 10.8 Å². The summed E-state index contributed by atoms with van der Waals surface area (Å²) in [5.74, 6) is 0. The molecule has 2 aromatic rings. The quantitative estimate of drug-likeness (QED) is 0.936. The van der Waals surface area contributed by atoms with Crippen LogP contribution in [-0.2, 0) is 6.54 Å². The molecule has 0 amide bonds. The maximum Gasteiger partial charge on any atom is 0.258 e. The van der Waals surface area contributed by atoms with E-state index in [1.54, 1.807) is 0 Å². The first-order valence-corrected chi connectivity index (χ1v) is 7.88. The average molecular weight is 285 g/mol. The van der Waals surface area contributed by atoms with Crippen molar-refractivity contribution in [3.63, 3.8) is 0 Å². The van der Waals surface area contributed by atoms with Gasteiger partial charge in [-0.1, -0.05) is 13.3 Å². The van der Waals surface area contributed by atoms with Gasteiger partial charge >= 0.3 is 0 Å². The largest absolute Gasteiger partial charge is 0.369 e. The third-order valence-corrected chi connectivity index (χ3v) is 4.20. The van der Waals surface area contributed by atoms with E-state index in [4.69, 9.17) is 0 Å². The van der Waals surface area contributed by atoms with E-state index < -0.39 is 0 Å². The summed E-state index contributed by atoms with van der Waals surface area (Å²) in [5, 5.41) is 5.23. The summed E-state index contributed by atoms with van der Waals surface area (Å²) < 4.78 is 1.83. The van der Waals surface area contributed by atoms with Gasteiger partial charge in [-0.3, -0.25) is 4.79 Å². The lowest BCUT2D eigenvalue weighted by Gasteiger charge is -2.29. The zero-order valence-corrected chi connectivity index (χ0v) is 12.6. The molecule has 4 heteroatoms. The van der Waals surface area contributed by atoms with Gasteiger partial charge in [0.05, 0.1) is 0 Å². The van der Waals surface area contributed by atoms with Gasteiger partial charge in [0, 0.05) is 50.0 Å². The first-order chi connectivity index (χ1) is 10.3. The molecule has 1 saturated heterocycles. The van der Waals surface area contributed by atoms with E-state index >= 15 is 0 Å². The molecule has 0 unspecified atom stereocenters. The molecule has 0 spiro atoms. The van der Waals surface area contributed by atoms with Crippen LogP contribution >= 0.6 is 0 Å². The van der Waals surface area contributed by atoms with Gasteiger partial charge in [0.2, 0.25) is 0 Å². The fourth-order valence-electron chi connectivity index (χ4n) is 2.90. The van der Waals surface area contributed by atoms with E-state index in [0.717, 1.165) is 56.3 Å². The Kier molecular flexibility index (Phi) is 4.25. The molecule has 3 rings (SSSR count). The number of pyridine rings is 1. The molecule has 0 atom stereocenters. The fraction of sp³-hybridized carbons (Fsp3) is 0.471. The second-order valence-electron chi connectivity index (χ2n) is 5.68. The molecule has 112 valence electrons. The number of aryl methyl sites for hydroxylation is 1. The average Bonchev–Trinajstić information content (AvgIpc) is 2.55. The van der Waals surface area contributed by atoms with Crippen LogP contribution in [0.15, 0.2) is 35.3 Å². The van der Waals surface area contributed by atoms with Gasteiger partial charge in [-0.2, -0.15) is 0 Å². The van der Waals surface area contributed by atoms with Crippen molar-refractivity contribution in [3.05, 3.63) is 40.8 Å². The monoisotopic (exact) mass is 285 g/mol. The van der Waals surface area contributed by atoms with E-state index in [1.165, 1.54) is 5.69 Å². The van der Waals surface area contributed by atoms with Gasteiger partial charge in [-0.15, -0.1) is 0 Å². The minimum atomic E-state index is 0.132. The molecule has 1 aromatic heterocycles. The van der Waals surface area contributed by atoms with E-state index in [9.17, 15) is 4.79 Å². The smallest absolute Gasteiger partial charge is 0.258 e. The summed E-state index contributed by atoms with van der Waals surface area (Å²) in [7, 11) is 0. The Labute approximate surface area is 125 Å². The minimum Gasteiger partial charge on any atom is -0.369 e. The maximum atomic E-state index is 12.5. The Morgan fingerprint density at radius 3 is 2.76 bits per heavy atom. The van der Waals surface area contributed by atoms with Crippen molar-refractivity contribution >= 4 is 16.5 Å². The van der Waals surface area contributed by atoms with Crippen molar-refractivity contribution in [1.82, 2.24) is 9.88 Å². The molecule has 0 radical (unpaired) electrons. The molecule has 21 heavy (non-hydrogen) atoms. The van der Waals surface area contributed by atoms with E-state index in [0.29, 0.717) is 0 Å². The third-order valence-electron chi connectivity index (χ3n) is 4.20. The lowest BCUT2D eigenvalue weighted by atomic mass is 10.1. The first-order valence-electron chi connectivity index (χ1n) is 7.88. The lowest BCUT2D eigenvalue weighted by Crippen LogP contribution is -2.43. The number of benzene rings is 1. The van der Waals surface area contributed by atoms with E-state index in [1.807, 2.05) is 16.8 Å². The van der Waals surface area contributed by atoms with E-state index in [-0.39, 0.29) is 5.56 Å². The zero-order chi connectivity index (χ0) is 14.7. The van der Waals surface area contributed by atoms with Gasteiger partial charge in [0.25, 0.3) is 5.56 Å². The molecule has 0 bridgehead atoms. The molecule has 4 nitrogen and oxygen atoms in total. The summed E-state index contributed by atoms with van der Waals surface area (Å²) in [6.07, 6.45) is 4.08. The van der Waals surface area contributed by atoms with Crippen LogP contribution < -0.4 is 15.8 Å². The maximum absolute atomic E-state index is 12.5. The van der Waals surface area contributed by atoms with Gasteiger partial charge in [0.15, 0.2) is 0 Å². The fourth-order valence-corrected chi connectivity index (χ4v) is 2.90. The molecule has 1 aliphatic heterocycles. The number of rotatable bonds is 4. The van der Waals surface area contributed by atoms with Crippen LogP contribution in [0.4, 0.5) is 5.69 Å². The van der Waals surface area contributed by atoms with Crippen molar-refractivity contribution < 1.29 is 0 Å².